The van der Waals surface area contributed by atoms with Crippen LogP contribution in [0.25, 0.3) is 11.2 Å². The Morgan fingerprint density at radius 2 is 2.15 bits per heavy atom. The zero-order valence-electron chi connectivity index (χ0n) is 7.40. The first-order valence-electron chi connectivity index (χ1n) is 4.03. The molecule has 0 saturated heterocycles. The van der Waals surface area contributed by atoms with Crippen LogP contribution in [0.5, 0.6) is 0 Å². The molecule has 0 aliphatic heterocycles. The van der Waals surface area contributed by atoms with E-state index in [9.17, 15) is 4.39 Å². The quantitative estimate of drug-likeness (QED) is 0.625. The third-order valence-corrected chi connectivity index (χ3v) is 1.84. The molecule has 0 spiro atoms. The third-order valence-electron chi connectivity index (χ3n) is 1.84. The lowest BCUT2D eigenvalue weighted by Crippen LogP contribution is -2.01. The van der Waals surface area contributed by atoms with Crippen molar-refractivity contribution in [1.29, 1.82) is 0 Å². The standard InChI is InChI=1S/C8H9FN4/c1-5(2)13-4-11-6-3-10-8(9)12-7(6)13/h3-5H,1-2H3. The maximum atomic E-state index is 12.7. The molecule has 0 N–H and O–H groups in total. The molecular weight excluding hydrogens is 171 g/mol. The number of aromatic nitrogens is 4. The SMILES string of the molecule is CC(C)n1cnc2cnc(F)nc21. The van der Waals surface area contributed by atoms with Gasteiger partial charge in [-0.1, -0.05) is 0 Å². The highest BCUT2D eigenvalue weighted by Crippen LogP contribution is 2.13. The molecule has 2 aromatic rings. The monoisotopic (exact) mass is 180 g/mol. The van der Waals surface area contributed by atoms with Crippen molar-refractivity contribution < 1.29 is 4.39 Å². The molecule has 2 rings (SSSR count). The van der Waals surface area contributed by atoms with Crippen LogP contribution < -0.4 is 0 Å². The predicted molar refractivity (Wildman–Crippen MR) is 45.7 cm³/mol. The van der Waals surface area contributed by atoms with Crippen LogP contribution in [0.3, 0.4) is 0 Å². The van der Waals surface area contributed by atoms with Gasteiger partial charge in [0.05, 0.1) is 12.5 Å². The van der Waals surface area contributed by atoms with Crippen LogP contribution in [0.4, 0.5) is 4.39 Å². The fraction of sp³-hybridized carbons (Fsp3) is 0.375. The van der Waals surface area contributed by atoms with E-state index in [2.05, 4.69) is 15.0 Å². The number of hydrogen-bond donors (Lipinski definition) is 0. The van der Waals surface area contributed by atoms with Gasteiger partial charge in [0.15, 0.2) is 5.65 Å². The zero-order chi connectivity index (χ0) is 9.42. The van der Waals surface area contributed by atoms with Crippen LogP contribution in [0.1, 0.15) is 19.9 Å². The summed E-state index contributed by atoms with van der Waals surface area (Å²) in [6.07, 6.45) is 2.31. The Kier molecular flexibility index (Phi) is 1.72. The molecule has 13 heavy (non-hydrogen) atoms. The van der Waals surface area contributed by atoms with Gasteiger partial charge in [-0.15, -0.1) is 0 Å². The molecule has 0 radical (unpaired) electrons. The molecule has 0 amide bonds. The Morgan fingerprint density at radius 3 is 2.85 bits per heavy atom. The molecule has 0 bridgehead atoms. The molecule has 2 heterocycles. The van der Waals surface area contributed by atoms with Crippen molar-refractivity contribution >= 4 is 11.2 Å². The minimum absolute atomic E-state index is 0.222. The van der Waals surface area contributed by atoms with E-state index in [1.165, 1.54) is 6.20 Å². The summed E-state index contributed by atoms with van der Waals surface area (Å²) in [4.78, 5) is 11.2. The number of fused-ring (bicyclic) bond motifs is 1. The van der Waals surface area contributed by atoms with Gasteiger partial charge < -0.3 is 4.57 Å². The van der Waals surface area contributed by atoms with Crippen LogP contribution in [0.2, 0.25) is 0 Å². The summed E-state index contributed by atoms with van der Waals surface area (Å²) in [5.41, 5.74) is 1.16. The minimum atomic E-state index is -0.713. The lowest BCUT2D eigenvalue weighted by Gasteiger charge is -2.05. The van der Waals surface area contributed by atoms with Crippen molar-refractivity contribution in [2.24, 2.45) is 0 Å². The molecular formula is C8H9FN4. The topological polar surface area (TPSA) is 43.6 Å². The molecule has 68 valence electrons. The van der Waals surface area contributed by atoms with Crippen molar-refractivity contribution in [2.75, 3.05) is 0 Å². The van der Waals surface area contributed by atoms with Crippen molar-refractivity contribution in [3.05, 3.63) is 18.6 Å². The van der Waals surface area contributed by atoms with E-state index < -0.39 is 6.08 Å². The molecule has 0 aliphatic carbocycles. The van der Waals surface area contributed by atoms with E-state index in [0.717, 1.165) is 0 Å². The van der Waals surface area contributed by atoms with Gasteiger partial charge >= 0.3 is 6.08 Å². The number of hydrogen-bond acceptors (Lipinski definition) is 3. The van der Waals surface area contributed by atoms with Gasteiger partial charge in [-0.25, -0.2) is 9.97 Å². The Labute approximate surface area is 74.5 Å². The first-order chi connectivity index (χ1) is 6.18. The fourth-order valence-corrected chi connectivity index (χ4v) is 1.18. The first-order valence-corrected chi connectivity index (χ1v) is 4.03. The van der Waals surface area contributed by atoms with Crippen LogP contribution in [-0.4, -0.2) is 19.5 Å². The van der Waals surface area contributed by atoms with Crippen molar-refractivity contribution in [2.45, 2.75) is 19.9 Å². The second kappa shape index (κ2) is 2.76. The van der Waals surface area contributed by atoms with Crippen molar-refractivity contribution in [1.82, 2.24) is 19.5 Å². The van der Waals surface area contributed by atoms with Gasteiger partial charge in [0, 0.05) is 6.04 Å². The lowest BCUT2D eigenvalue weighted by atomic mass is 10.4. The summed E-state index contributed by atoms with van der Waals surface area (Å²) in [5, 5.41) is 0. The smallest absolute Gasteiger partial charge is 0.310 e. The van der Waals surface area contributed by atoms with Gasteiger partial charge in [0.1, 0.15) is 5.52 Å². The van der Waals surface area contributed by atoms with Crippen molar-refractivity contribution in [3.8, 4) is 0 Å². The lowest BCUT2D eigenvalue weighted by molar-refractivity contribution is 0.536. The Balaban J connectivity index is 2.71. The molecule has 0 saturated carbocycles. The molecule has 0 fully saturated rings. The van der Waals surface area contributed by atoms with Gasteiger partial charge in [-0.2, -0.15) is 9.37 Å². The molecule has 0 atom stereocenters. The highest BCUT2D eigenvalue weighted by Gasteiger charge is 2.07. The van der Waals surface area contributed by atoms with Crippen LogP contribution in [-0.2, 0) is 0 Å². The summed E-state index contributed by atoms with van der Waals surface area (Å²) >= 11 is 0. The number of nitrogens with zero attached hydrogens (tertiary/aromatic N) is 4. The minimum Gasteiger partial charge on any atom is -0.313 e. The third kappa shape index (κ3) is 1.26. The van der Waals surface area contributed by atoms with E-state index in [1.54, 1.807) is 10.9 Å². The Bertz CT molecular complexity index is 435. The predicted octanol–water partition coefficient (Wildman–Crippen LogP) is 1.55. The van der Waals surface area contributed by atoms with Crippen LogP contribution in [0, 0.1) is 6.08 Å². The second-order valence-corrected chi connectivity index (χ2v) is 3.09. The first kappa shape index (κ1) is 8.10. The van der Waals surface area contributed by atoms with Crippen molar-refractivity contribution in [3.63, 3.8) is 0 Å². The van der Waals surface area contributed by atoms with E-state index in [0.29, 0.717) is 11.2 Å². The summed E-state index contributed by atoms with van der Waals surface area (Å²) in [7, 11) is 0. The Hall–Kier alpha value is -1.52. The van der Waals surface area contributed by atoms with Gasteiger partial charge in [0.2, 0.25) is 0 Å². The average Bonchev–Trinajstić information content (AvgIpc) is 2.46. The van der Waals surface area contributed by atoms with Gasteiger partial charge in [0.25, 0.3) is 0 Å². The maximum absolute atomic E-state index is 12.7. The van der Waals surface area contributed by atoms with Gasteiger partial charge in [-0.3, -0.25) is 0 Å². The normalized spacial score (nSPS) is 11.4. The Morgan fingerprint density at radius 1 is 1.38 bits per heavy atom. The van der Waals surface area contributed by atoms with E-state index in [1.807, 2.05) is 13.8 Å². The summed E-state index contributed by atoms with van der Waals surface area (Å²) < 4.78 is 14.5. The number of imidazole rings is 1. The number of rotatable bonds is 1. The molecule has 5 heteroatoms. The maximum Gasteiger partial charge on any atom is 0.310 e. The zero-order valence-corrected chi connectivity index (χ0v) is 7.40. The molecule has 4 nitrogen and oxygen atoms in total. The average molecular weight is 180 g/mol. The molecule has 0 unspecified atom stereocenters. The summed E-state index contributed by atoms with van der Waals surface area (Å²) in [6, 6.07) is 0.222. The molecule has 0 aliphatic rings. The highest BCUT2D eigenvalue weighted by atomic mass is 19.1. The van der Waals surface area contributed by atoms with E-state index in [4.69, 9.17) is 0 Å². The van der Waals surface area contributed by atoms with Crippen LogP contribution >= 0.6 is 0 Å². The summed E-state index contributed by atoms with van der Waals surface area (Å²) in [5.74, 6) is 0. The highest BCUT2D eigenvalue weighted by molar-refractivity contribution is 5.69. The largest absolute Gasteiger partial charge is 0.313 e. The van der Waals surface area contributed by atoms with Gasteiger partial charge in [-0.05, 0) is 13.8 Å². The van der Waals surface area contributed by atoms with E-state index in [-0.39, 0.29) is 6.04 Å². The summed E-state index contributed by atoms with van der Waals surface area (Å²) in [6.45, 7) is 3.97. The molecule has 0 aromatic carbocycles. The number of halogens is 1. The van der Waals surface area contributed by atoms with Crippen LogP contribution in [0.15, 0.2) is 12.5 Å². The fourth-order valence-electron chi connectivity index (χ4n) is 1.18. The van der Waals surface area contributed by atoms with E-state index >= 15 is 0 Å². The second-order valence-electron chi connectivity index (χ2n) is 3.09. The molecule has 2 aromatic heterocycles.